The van der Waals surface area contributed by atoms with Crippen LogP contribution >= 0.6 is 23.4 Å². The first kappa shape index (κ1) is 28.7. The standard InChI is InChI=1S/C28H27ClN2O6S/c1-2-36-28(35)19-6-10-21(11-7-19)31-26(33)18-37-27(34)5-3-4-25(32)30-22-12-16-24(17-13-22)38-23-14-8-20(29)9-15-23/h6-17H,2-5,18H2,1H3,(H,30,32)(H,31,33). The third-order valence-corrected chi connectivity index (χ3v) is 6.28. The van der Waals surface area contributed by atoms with Crippen molar-refractivity contribution in [3.8, 4) is 0 Å². The number of benzene rings is 3. The lowest BCUT2D eigenvalue weighted by Gasteiger charge is -2.08. The van der Waals surface area contributed by atoms with Crippen LogP contribution in [0.25, 0.3) is 0 Å². The second-order valence-corrected chi connectivity index (χ2v) is 9.57. The van der Waals surface area contributed by atoms with Crippen LogP contribution in [0.1, 0.15) is 36.5 Å². The number of ether oxygens (including phenoxy) is 2. The molecular weight excluding hydrogens is 528 g/mol. The van der Waals surface area contributed by atoms with Crippen molar-refractivity contribution in [2.75, 3.05) is 23.8 Å². The topological polar surface area (TPSA) is 111 Å². The van der Waals surface area contributed by atoms with Gasteiger partial charge in [0.1, 0.15) is 0 Å². The van der Waals surface area contributed by atoms with E-state index >= 15 is 0 Å². The molecular formula is C28H27ClN2O6S. The van der Waals surface area contributed by atoms with Crippen LogP contribution in [0.15, 0.2) is 82.6 Å². The van der Waals surface area contributed by atoms with E-state index in [4.69, 9.17) is 21.1 Å². The predicted octanol–water partition coefficient (Wildman–Crippen LogP) is 5.96. The number of nitrogens with one attached hydrogen (secondary N) is 2. The van der Waals surface area contributed by atoms with Gasteiger partial charge in [-0.1, -0.05) is 23.4 Å². The average Bonchev–Trinajstić information content (AvgIpc) is 2.90. The number of carbonyl (C=O) groups is 4. The summed E-state index contributed by atoms with van der Waals surface area (Å²) in [6, 6.07) is 21.1. The fourth-order valence-electron chi connectivity index (χ4n) is 3.18. The van der Waals surface area contributed by atoms with E-state index in [1.165, 1.54) is 12.1 Å². The number of anilines is 2. The van der Waals surface area contributed by atoms with Gasteiger partial charge in [0.05, 0.1) is 12.2 Å². The number of halogens is 1. The average molecular weight is 555 g/mol. The summed E-state index contributed by atoms with van der Waals surface area (Å²) in [6.45, 7) is 1.53. The van der Waals surface area contributed by atoms with E-state index in [1.54, 1.807) is 30.8 Å². The SMILES string of the molecule is CCOC(=O)c1ccc(NC(=O)COC(=O)CCCC(=O)Nc2ccc(Sc3ccc(Cl)cc3)cc2)cc1. The molecule has 2 N–H and O–H groups in total. The Hall–Kier alpha value is -3.82. The van der Waals surface area contributed by atoms with Crippen molar-refractivity contribution in [2.45, 2.75) is 36.0 Å². The van der Waals surface area contributed by atoms with Crippen LogP contribution in [-0.4, -0.2) is 37.0 Å². The van der Waals surface area contributed by atoms with Crippen molar-refractivity contribution in [2.24, 2.45) is 0 Å². The molecule has 3 aromatic rings. The minimum atomic E-state index is -0.575. The molecule has 0 aromatic heterocycles. The highest BCUT2D eigenvalue weighted by atomic mass is 35.5. The van der Waals surface area contributed by atoms with Crippen LogP contribution in [0, 0.1) is 0 Å². The smallest absolute Gasteiger partial charge is 0.338 e. The molecule has 0 radical (unpaired) electrons. The molecule has 0 heterocycles. The third-order valence-electron chi connectivity index (χ3n) is 5.02. The molecule has 0 bridgehead atoms. The quantitative estimate of drug-likeness (QED) is 0.266. The zero-order valence-electron chi connectivity index (χ0n) is 20.7. The van der Waals surface area contributed by atoms with E-state index in [1.807, 2.05) is 48.5 Å². The monoisotopic (exact) mass is 554 g/mol. The zero-order chi connectivity index (χ0) is 27.3. The fourth-order valence-corrected chi connectivity index (χ4v) is 4.12. The maximum Gasteiger partial charge on any atom is 0.338 e. The van der Waals surface area contributed by atoms with Crippen LogP contribution in [0.5, 0.6) is 0 Å². The highest BCUT2D eigenvalue weighted by molar-refractivity contribution is 7.99. The van der Waals surface area contributed by atoms with E-state index in [2.05, 4.69) is 10.6 Å². The molecule has 0 saturated heterocycles. The number of amides is 2. The highest BCUT2D eigenvalue weighted by Crippen LogP contribution is 2.29. The van der Waals surface area contributed by atoms with Crippen LogP contribution in [0.3, 0.4) is 0 Å². The Bertz CT molecular complexity index is 1250. The molecule has 0 saturated carbocycles. The normalized spacial score (nSPS) is 10.4. The van der Waals surface area contributed by atoms with Gasteiger partial charge >= 0.3 is 11.9 Å². The van der Waals surface area contributed by atoms with Gasteiger partial charge in [0, 0.05) is 39.0 Å². The van der Waals surface area contributed by atoms with Gasteiger partial charge in [-0.25, -0.2) is 4.79 Å². The fraction of sp³-hybridized carbons (Fsp3) is 0.214. The molecule has 0 aliphatic heterocycles. The first-order valence-electron chi connectivity index (χ1n) is 11.9. The Morgan fingerprint density at radius 1 is 0.737 bits per heavy atom. The van der Waals surface area contributed by atoms with Gasteiger partial charge in [-0.05, 0) is 86.1 Å². The molecule has 0 spiro atoms. The Kier molecular flexibility index (Phi) is 11.2. The molecule has 3 aromatic carbocycles. The number of hydrogen-bond donors (Lipinski definition) is 2. The van der Waals surface area contributed by atoms with Crippen molar-refractivity contribution < 1.29 is 28.7 Å². The summed E-state index contributed by atoms with van der Waals surface area (Å²) in [7, 11) is 0. The molecule has 2 amide bonds. The summed E-state index contributed by atoms with van der Waals surface area (Å²) < 4.78 is 9.87. The van der Waals surface area contributed by atoms with Crippen molar-refractivity contribution >= 4 is 58.5 Å². The summed E-state index contributed by atoms with van der Waals surface area (Å²) in [5.41, 5.74) is 1.47. The van der Waals surface area contributed by atoms with Gasteiger partial charge in [-0.15, -0.1) is 0 Å². The lowest BCUT2D eigenvalue weighted by Crippen LogP contribution is -2.21. The molecule has 3 rings (SSSR count). The molecule has 0 aliphatic carbocycles. The number of carbonyl (C=O) groups excluding carboxylic acids is 4. The summed E-state index contributed by atoms with van der Waals surface area (Å²) >= 11 is 7.49. The van der Waals surface area contributed by atoms with E-state index in [-0.39, 0.29) is 31.8 Å². The largest absolute Gasteiger partial charge is 0.462 e. The summed E-state index contributed by atoms with van der Waals surface area (Å²) in [4.78, 5) is 49.9. The van der Waals surface area contributed by atoms with Crippen molar-refractivity contribution in [1.82, 2.24) is 0 Å². The third kappa shape index (κ3) is 9.91. The Labute approximate surface area is 230 Å². The number of rotatable bonds is 12. The van der Waals surface area contributed by atoms with Crippen LogP contribution < -0.4 is 10.6 Å². The van der Waals surface area contributed by atoms with E-state index in [0.717, 1.165) is 9.79 Å². The number of hydrogen-bond acceptors (Lipinski definition) is 7. The van der Waals surface area contributed by atoms with E-state index < -0.39 is 24.5 Å². The predicted molar refractivity (Wildman–Crippen MR) is 146 cm³/mol. The summed E-state index contributed by atoms with van der Waals surface area (Å²) in [5.74, 6) is -1.76. The minimum Gasteiger partial charge on any atom is -0.462 e. The molecule has 198 valence electrons. The van der Waals surface area contributed by atoms with Gasteiger partial charge in [-0.2, -0.15) is 0 Å². The second-order valence-electron chi connectivity index (χ2n) is 7.99. The van der Waals surface area contributed by atoms with Crippen LogP contribution in [-0.2, 0) is 23.9 Å². The molecule has 0 atom stereocenters. The Morgan fingerprint density at radius 2 is 1.29 bits per heavy atom. The highest BCUT2D eigenvalue weighted by Gasteiger charge is 2.11. The summed E-state index contributed by atoms with van der Waals surface area (Å²) in [5, 5.41) is 6.06. The van der Waals surface area contributed by atoms with Crippen molar-refractivity contribution in [3.63, 3.8) is 0 Å². The molecule has 10 heteroatoms. The molecule has 0 fully saturated rings. The van der Waals surface area contributed by atoms with Crippen molar-refractivity contribution in [3.05, 3.63) is 83.4 Å². The second kappa shape index (κ2) is 14.8. The number of esters is 2. The lowest BCUT2D eigenvalue weighted by molar-refractivity contribution is -0.147. The van der Waals surface area contributed by atoms with E-state index in [9.17, 15) is 19.2 Å². The van der Waals surface area contributed by atoms with Gasteiger partial charge in [0.2, 0.25) is 5.91 Å². The molecule has 0 aliphatic rings. The lowest BCUT2D eigenvalue weighted by atomic mass is 10.2. The molecule has 38 heavy (non-hydrogen) atoms. The minimum absolute atomic E-state index is 0.00556. The van der Waals surface area contributed by atoms with Gasteiger partial charge in [0.25, 0.3) is 5.91 Å². The van der Waals surface area contributed by atoms with E-state index in [0.29, 0.717) is 22.0 Å². The first-order valence-corrected chi connectivity index (χ1v) is 13.1. The maximum absolute atomic E-state index is 12.2. The Morgan fingerprint density at radius 3 is 1.89 bits per heavy atom. The molecule has 8 nitrogen and oxygen atoms in total. The maximum atomic E-state index is 12.2. The first-order chi connectivity index (χ1) is 18.3. The molecule has 0 unspecified atom stereocenters. The van der Waals surface area contributed by atoms with Gasteiger partial charge in [-0.3, -0.25) is 14.4 Å². The van der Waals surface area contributed by atoms with Gasteiger partial charge < -0.3 is 20.1 Å². The zero-order valence-corrected chi connectivity index (χ0v) is 22.3. The van der Waals surface area contributed by atoms with Crippen LogP contribution in [0.2, 0.25) is 5.02 Å². The Balaban J connectivity index is 1.31. The summed E-state index contributed by atoms with van der Waals surface area (Å²) in [6.07, 6.45) is 0.424. The van der Waals surface area contributed by atoms with Crippen LogP contribution in [0.4, 0.5) is 11.4 Å². The van der Waals surface area contributed by atoms with Crippen molar-refractivity contribution in [1.29, 1.82) is 0 Å². The van der Waals surface area contributed by atoms with Gasteiger partial charge in [0.15, 0.2) is 6.61 Å².